The summed E-state index contributed by atoms with van der Waals surface area (Å²) in [5, 5.41) is 0. The van der Waals surface area contributed by atoms with Gasteiger partial charge in [-0.25, -0.2) is 0 Å². The van der Waals surface area contributed by atoms with E-state index in [4.69, 9.17) is 14.2 Å². The molecule has 0 aliphatic heterocycles. The number of carbonyl (C=O) groups is 3. The van der Waals surface area contributed by atoms with Crippen molar-refractivity contribution in [3.8, 4) is 0 Å². The maximum atomic E-state index is 12.9. The minimum atomic E-state index is -0.787. The van der Waals surface area contributed by atoms with Gasteiger partial charge in [-0.05, 0) is 83.5 Å². The predicted octanol–water partition coefficient (Wildman–Crippen LogP) is 22.7. The lowest BCUT2D eigenvalue weighted by atomic mass is 10.0. The molecule has 76 heavy (non-hydrogen) atoms. The zero-order valence-electron chi connectivity index (χ0n) is 50.8. The molecule has 0 aromatic rings. The molecule has 1 atom stereocenters. The minimum Gasteiger partial charge on any atom is -0.462 e. The first-order valence-corrected chi connectivity index (χ1v) is 33.3. The number of allylic oxidation sites excluding steroid dienone is 10. The fourth-order valence-electron chi connectivity index (χ4n) is 9.79. The van der Waals surface area contributed by atoms with Crippen LogP contribution < -0.4 is 0 Å². The van der Waals surface area contributed by atoms with Gasteiger partial charge in [0.25, 0.3) is 0 Å². The molecule has 0 bridgehead atoms. The molecule has 442 valence electrons. The van der Waals surface area contributed by atoms with Gasteiger partial charge in [0, 0.05) is 19.3 Å². The van der Waals surface area contributed by atoms with Gasteiger partial charge in [-0.3, -0.25) is 14.4 Å². The van der Waals surface area contributed by atoms with Crippen molar-refractivity contribution in [1.29, 1.82) is 0 Å². The van der Waals surface area contributed by atoms with Crippen molar-refractivity contribution in [3.63, 3.8) is 0 Å². The van der Waals surface area contributed by atoms with Crippen LogP contribution in [0, 0.1) is 0 Å². The zero-order chi connectivity index (χ0) is 55.0. The van der Waals surface area contributed by atoms with Crippen LogP contribution in [-0.4, -0.2) is 37.2 Å². The molecule has 0 amide bonds. The van der Waals surface area contributed by atoms with Gasteiger partial charge in [0.05, 0.1) is 0 Å². The minimum absolute atomic E-state index is 0.0805. The first-order valence-electron chi connectivity index (χ1n) is 33.3. The van der Waals surface area contributed by atoms with E-state index in [9.17, 15) is 14.4 Å². The van der Waals surface area contributed by atoms with Crippen molar-refractivity contribution in [2.75, 3.05) is 13.2 Å². The third-order valence-corrected chi connectivity index (χ3v) is 14.8. The first-order chi connectivity index (χ1) is 37.5. The summed E-state index contributed by atoms with van der Waals surface area (Å²) in [6.07, 6.45) is 82.3. The smallest absolute Gasteiger partial charge is 0.306 e. The maximum Gasteiger partial charge on any atom is 0.306 e. The molecule has 0 N–H and O–H groups in total. The molecule has 0 saturated carbocycles. The molecule has 6 nitrogen and oxygen atoms in total. The Morgan fingerprint density at radius 3 is 0.816 bits per heavy atom. The van der Waals surface area contributed by atoms with Gasteiger partial charge < -0.3 is 14.2 Å². The van der Waals surface area contributed by atoms with Crippen LogP contribution in [0.15, 0.2) is 60.8 Å². The number of carbonyl (C=O) groups excluding carboxylic acids is 3. The fourth-order valence-corrected chi connectivity index (χ4v) is 9.79. The van der Waals surface area contributed by atoms with E-state index in [-0.39, 0.29) is 31.1 Å². The number of hydrogen-bond donors (Lipinski definition) is 0. The molecule has 1 unspecified atom stereocenters. The Balaban J connectivity index is 4.34. The Morgan fingerprint density at radius 2 is 0.513 bits per heavy atom. The lowest BCUT2D eigenvalue weighted by Crippen LogP contribution is -2.30. The van der Waals surface area contributed by atoms with E-state index < -0.39 is 6.10 Å². The molecule has 0 saturated heterocycles. The average Bonchev–Trinajstić information content (AvgIpc) is 3.42. The van der Waals surface area contributed by atoms with E-state index in [1.165, 1.54) is 212 Å². The van der Waals surface area contributed by atoms with Crippen LogP contribution in [0.25, 0.3) is 0 Å². The predicted molar refractivity (Wildman–Crippen MR) is 330 cm³/mol. The third kappa shape index (κ3) is 62.0. The summed E-state index contributed by atoms with van der Waals surface area (Å²) in [6, 6.07) is 0. The van der Waals surface area contributed by atoms with Crippen LogP contribution in [0.4, 0.5) is 0 Å². The van der Waals surface area contributed by atoms with E-state index >= 15 is 0 Å². The third-order valence-electron chi connectivity index (χ3n) is 14.8. The summed E-state index contributed by atoms with van der Waals surface area (Å²) in [6.45, 7) is 6.56. The van der Waals surface area contributed by atoms with Gasteiger partial charge in [0.1, 0.15) is 13.2 Å². The molecule has 0 aromatic carbocycles. The van der Waals surface area contributed by atoms with E-state index in [0.717, 1.165) is 96.3 Å². The molecule has 6 heteroatoms. The Bertz CT molecular complexity index is 1360. The fraction of sp³-hybridized carbons (Fsp3) is 0.814. The van der Waals surface area contributed by atoms with Crippen molar-refractivity contribution < 1.29 is 28.6 Å². The largest absolute Gasteiger partial charge is 0.462 e. The number of esters is 3. The normalized spacial score (nSPS) is 12.4. The molecule has 0 radical (unpaired) electrons. The quantitative estimate of drug-likeness (QED) is 0.0261. The molecule has 0 fully saturated rings. The van der Waals surface area contributed by atoms with Crippen molar-refractivity contribution in [2.45, 2.75) is 354 Å². The van der Waals surface area contributed by atoms with Crippen molar-refractivity contribution in [1.82, 2.24) is 0 Å². The number of hydrogen-bond acceptors (Lipinski definition) is 6. The van der Waals surface area contributed by atoms with Crippen LogP contribution in [0.2, 0.25) is 0 Å². The Labute approximate surface area is 472 Å². The van der Waals surface area contributed by atoms with Gasteiger partial charge in [-0.1, -0.05) is 306 Å². The SMILES string of the molecule is CC/C=C\C/C=C\C/C=C\C/C=C\CCCCCCC(=O)OCC(COC(=O)CCCCCCCCCCCCCCCCCCCCCCCCC)OC(=O)CCCCCCCCC/C=C\CCCCCCCCC. The van der Waals surface area contributed by atoms with Gasteiger partial charge >= 0.3 is 17.9 Å². The number of ether oxygens (including phenoxy) is 3. The summed E-state index contributed by atoms with van der Waals surface area (Å²) in [5.74, 6) is -0.889. The van der Waals surface area contributed by atoms with E-state index in [2.05, 4.69) is 81.5 Å². The summed E-state index contributed by atoms with van der Waals surface area (Å²) >= 11 is 0. The summed E-state index contributed by atoms with van der Waals surface area (Å²) in [7, 11) is 0. The molecular formula is C70H126O6. The second-order valence-corrected chi connectivity index (χ2v) is 22.4. The van der Waals surface area contributed by atoms with Gasteiger partial charge in [-0.15, -0.1) is 0 Å². The first kappa shape index (κ1) is 73.1. The highest BCUT2D eigenvalue weighted by Crippen LogP contribution is 2.18. The molecule has 0 heterocycles. The number of rotatable bonds is 61. The molecule has 0 aliphatic rings. The second-order valence-electron chi connectivity index (χ2n) is 22.4. The van der Waals surface area contributed by atoms with Gasteiger partial charge in [-0.2, -0.15) is 0 Å². The van der Waals surface area contributed by atoms with E-state index in [0.29, 0.717) is 19.3 Å². The van der Waals surface area contributed by atoms with E-state index in [1.807, 2.05) is 0 Å². The average molecular weight is 1060 g/mol. The lowest BCUT2D eigenvalue weighted by Gasteiger charge is -2.18. The standard InChI is InChI=1S/C70H126O6/c1-4-7-10-13-16-19-22-25-28-31-33-34-35-36-37-40-42-45-48-51-54-57-60-63-69(72)75-66-67(65-74-68(71)62-59-56-53-50-47-44-41-38-30-27-24-21-18-15-12-9-6-3)76-70(73)64-61-58-55-52-49-46-43-39-32-29-26-23-20-17-14-11-8-5-2/h9,12,18,21,27,29-30,32,41,44,67H,4-8,10-11,13-17,19-20,22-26,28,31,33-40,42-43,45-66H2,1-3H3/b12-9-,21-18-,30-27-,32-29-,44-41-. The van der Waals surface area contributed by atoms with Crippen LogP contribution in [0.1, 0.15) is 348 Å². The second kappa shape index (κ2) is 64.6. The number of unbranched alkanes of at least 4 members (excludes halogenated alkanes) is 40. The highest BCUT2D eigenvalue weighted by Gasteiger charge is 2.19. The van der Waals surface area contributed by atoms with Crippen LogP contribution in [-0.2, 0) is 28.6 Å². The molecular weight excluding hydrogens is 937 g/mol. The summed E-state index contributed by atoms with van der Waals surface area (Å²) in [5.41, 5.74) is 0. The van der Waals surface area contributed by atoms with Crippen molar-refractivity contribution >= 4 is 17.9 Å². The van der Waals surface area contributed by atoms with E-state index in [1.54, 1.807) is 0 Å². The molecule has 0 aliphatic carbocycles. The van der Waals surface area contributed by atoms with Crippen LogP contribution in [0.3, 0.4) is 0 Å². The maximum absolute atomic E-state index is 12.9. The van der Waals surface area contributed by atoms with Crippen LogP contribution in [0.5, 0.6) is 0 Å². The highest BCUT2D eigenvalue weighted by atomic mass is 16.6. The molecule has 0 rings (SSSR count). The van der Waals surface area contributed by atoms with Crippen LogP contribution >= 0.6 is 0 Å². The van der Waals surface area contributed by atoms with Gasteiger partial charge in [0.15, 0.2) is 6.10 Å². The monoisotopic (exact) mass is 1060 g/mol. The molecule has 0 aromatic heterocycles. The summed E-state index contributed by atoms with van der Waals surface area (Å²) < 4.78 is 16.9. The van der Waals surface area contributed by atoms with Gasteiger partial charge in [0.2, 0.25) is 0 Å². The van der Waals surface area contributed by atoms with Crippen molar-refractivity contribution in [2.24, 2.45) is 0 Å². The Kier molecular flexibility index (Phi) is 62.2. The van der Waals surface area contributed by atoms with Crippen molar-refractivity contribution in [3.05, 3.63) is 60.8 Å². The Hall–Kier alpha value is -2.89. The Morgan fingerprint density at radius 1 is 0.276 bits per heavy atom. The lowest BCUT2D eigenvalue weighted by molar-refractivity contribution is -0.167. The topological polar surface area (TPSA) is 78.9 Å². The molecule has 0 spiro atoms. The zero-order valence-corrected chi connectivity index (χ0v) is 50.8. The highest BCUT2D eigenvalue weighted by molar-refractivity contribution is 5.71. The summed E-state index contributed by atoms with van der Waals surface area (Å²) in [4.78, 5) is 38.4.